The summed E-state index contributed by atoms with van der Waals surface area (Å²) in [6.45, 7) is 4.16. The second kappa shape index (κ2) is 7.11. The number of hydrogen-bond acceptors (Lipinski definition) is 3. The summed E-state index contributed by atoms with van der Waals surface area (Å²) in [6, 6.07) is 3.37. The van der Waals surface area contributed by atoms with E-state index in [9.17, 15) is 8.78 Å². The van der Waals surface area contributed by atoms with Gasteiger partial charge in [0.05, 0.1) is 0 Å². The van der Waals surface area contributed by atoms with Gasteiger partial charge in [0.15, 0.2) is 0 Å². The molecular weight excluding hydrogens is 260 g/mol. The third-order valence-electron chi connectivity index (χ3n) is 4.40. The minimum atomic E-state index is -0.430. The van der Waals surface area contributed by atoms with E-state index in [0.717, 1.165) is 25.0 Å². The van der Waals surface area contributed by atoms with Crippen LogP contribution < -0.4 is 11.3 Å². The molecule has 1 unspecified atom stereocenters. The molecule has 0 aliphatic rings. The number of nitrogens with two attached hydrogens (primary N) is 1. The summed E-state index contributed by atoms with van der Waals surface area (Å²) in [7, 11) is 3.97. The Kier molecular flexibility index (Phi) is 6.05. The minimum Gasteiger partial charge on any atom is -0.302 e. The molecule has 1 atom stereocenters. The average Bonchev–Trinajstić information content (AvgIpc) is 2.42. The quantitative estimate of drug-likeness (QED) is 0.597. The van der Waals surface area contributed by atoms with E-state index >= 15 is 0 Å². The molecule has 0 bridgehead atoms. The van der Waals surface area contributed by atoms with E-state index in [2.05, 4.69) is 24.2 Å². The molecule has 0 aliphatic carbocycles. The van der Waals surface area contributed by atoms with E-state index in [1.54, 1.807) is 0 Å². The first-order chi connectivity index (χ1) is 9.41. The van der Waals surface area contributed by atoms with Crippen LogP contribution in [0.3, 0.4) is 0 Å². The Morgan fingerprint density at radius 3 is 2.30 bits per heavy atom. The zero-order chi connectivity index (χ0) is 15.3. The van der Waals surface area contributed by atoms with Crippen LogP contribution in [0.1, 0.15) is 32.3 Å². The number of nitrogens with one attached hydrogen (secondary N) is 1. The van der Waals surface area contributed by atoms with Crippen molar-refractivity contribution in [3.05, 3.63) is 35.4 Å². The standard InChI is InChI=1S/C15H25F2N3/c1-5-15(6-2,20(3)4)14(19-18)10-11-9-12(16)7-8-13(11)17/h7-9,14,19H,5-6,10,18H2,1-4H3. The fourth-order valence-electron chi connectivity index (χ4n) is 3.01. The summed E-state index contributed by atoms with van der Waals surface area (Å²) in [5.74, 6) is 4.86. The summed E-state index contributed by atoms with van der Waals surface area (Å²) >= 11 is 0. The number of benzene rings is 1. The highest BCUT2D eigenvalue weighted by molar-refractivity contribution is 5.21. The molecule has 0 amide bonds. The minimum absolute atomic E-state index is 0.163. The average molecular weight is 285 g/mol. The zero-order valence-corrected chi connectivity index (χ0v) is 12.7. The van der Waals surface area contributed by atoms with Gasteiger partial charge in [0.1, 0.15) is 11.6 Å². The third-order valence-corrected chi connectivity index (χ3v) is 4.40. The van der Waals surface area contributed by atoms with Gasteiger partial charge >= 0.3 is 0 Å². The fraction of sp³-hybridized carbons (Fsp3) is 0.600. The van der Waals surface area contributed by atoms with Gasteiger partial charge in [-0.15, -0.1) is 0 Å². The molecule has 0 radical (unpaired) electrons. The Balaban J connectivity index is 3.09. The lowest BCUT2D eigenvalue weighted by Crippen LogP contribution is -2.61. The highest BCUT2D eigenvalue weighted by Gasteiger charge is 2.37. The highest BCUT2D eigenvalue weighted by atomic mass is 19.1. The van der Waals surface area contributed by atoms with Crippen molar-refractivity contribution in [1.82, 2.24) is 10.3 Å². The molecule has 1 aromatic rings. The van der Waals surface area contributed by atoms with Crippen molar-refractivity contribution in [3.63, 3.8) is 0 Å². The van der Waals surface area contributed by atoms with Crippen LogP contribution in [-0.2, 0) is 6.42 Å². The van der Waals surface area contributed by atoms with E-state index in [-0.39, 0.29) is 11.6 Å². The normalized spacial score (nSPS) is 13.8. The number of likely N-dealkylation sites (N-methyl/N-ethyl adjacent to an activating group) is 1. The first-order valence-electron chi connectivity index (χ1n) is 6.98. The molecule has 0 aromatic heterocycles. The Morgan fingerprint density at radius 1 is 1.25 bits per heavy atom. The van der Waals surface area contributed by atoms with Crippen LogP contribution >= 0.6 is 0 Å². The Bertz CT molecular complexity index is 431. The smallest absolute Gasteiger partial charge is 0.126 e. The lowest BCUT2D eigenvalue weighted by Gasteiger charge is -2.45. The molecule has 0 aliphatic heterocycles. The van der Waals surface area contributed by atoms with Crippen LogP contribution in [0.4, 0.5) is 8.78 Å². The first-order valence-corrected chi connectivity index (χ1v) is 6.98. The second-order valence-electron chi connectivity index (χ2n) is 5.36. The molecular formula is C15H25F2N3. The van der Waals surface area contributed by atoms with Crippen LogP contribution in [0.15, 0.2) is 18.2 Å². The van der Waals surface area contributed by atoms with Gasteiger partial charge < -0.3 is 4.90 Å². The molecule has 1 rings (SSSR count). The summed E-state index contributed by atoms with van der Waals surface area (Å²) < 4.78 is 27.1. The monoisotopic (exact) mass is 285 g/mol. The molecule has 0 spiro atoms. The van der Waals surface area contributed by atoms with E-state index < -0.39 is 11.6 Å². The molecule has 20 heavy (non-hydrogen) atoms. The van der Waals surface area contributed by atoms with E-state index in [1.807, 2.05) is 14.1 Å². The number of nitrogens with zero attached hydrogens (tertiary/aromatic N) is 1. The molecule has 0 heterocycles. The molecule has 114 valence electrons. The van der Waals surface area contributed by atoms with Gasteiger partial charge in [0, 0.05) is 11.6 Å². The third kappa shape index (κ3) is 3.34. The Hall–Kier alpha value is -1.04. The molecule has 0 fully saturated rings. The van der Waals surface area contributed by atoms with Crippen molar-refractivity contribution in [2.75, 3.05) is 14.1 Å². The van der Waals surface area contributed by atoms with E-state index in [4.69, 9.17) is 5.84 Å². The summed E-state index contributed by atoms with van der Waals surface area (Å²) in [4.78, 5) is 2.11. The maximum atomic E-state index is 13.8. The first kappa shape index (κ1) is 17.0. The van der Waals surface area contributed by atoms with Crippen molar-refractivity contribution in [1.29, 1.82) is 0 Å². The van der Waals surface area contributed by atoms with Crippen LogP contribution in [0.5, 0.6) is 0 Å². The summed E-state index contributed by atoms with van der Waals surface area (Å²) in [6.07, 6.45) is 2.07. The molecule has 0 saturated heterocycles. The molecule has 1 aromatic carbocycles. The van der Waals surface area contributed by atoms with Crippen molar-refractivity contribution >= 4 is 0 Å². The van der Waals surface area contributed by atoms with E-state index in [0.29, 0.717) is 12.0 Å². The number of halogens is 2. The van der Waals surface area contributed by atoms with Crippen molar-refractivity contribution in [2.24, 2.45) is 5.84 Å². The largest absolute Gasteiger partial charge is 0.302 e. The van der Waals surface area contributed by atoms with Crippen molar-refractivity contribution in [2.45, 2.75) is 44.7 Å². The number of hydrazine groups is 1. The van der Waals surface area contributed by atoms with Crippen molar-refractivity contribution in [3.8, 4) is 0 Å². The van der Waals surface area contributed by atoms with Crippen LogP contribution in [0.25, 0.3) is 0 Å². The summed E-state index contributed by atoms with van der Waals surface area (Å²) in [5.41, 5.74) is 2.94. The zero-order valence-electron chi connectivity index (χ0n) is 12.7. The van der Waals surface area contributed by atoms with Gasteiger partial charge in [0.25, 0.3) is 0 Å². The lowest BCUT2D eigenvalue weighted by atomic mass is 9.80. The van der Waals surface area contributed by atoms with E-state index in [1.165, 1.54) is 6.07 Å². The highest BCUT2D eigenvalue weighted by Crippen LogP contribution is 2.28. The van der Waals surface area contributed by atoms with Gasteiger partial charge in [0.2, 0.25) is 0 Å². The molecule has 5 heteroatoms. The topological polar surface area (TPSA) is 41.3 Å². The Labute approximate surface area is 120 Å². The number of hydrogen-bond donors (Lipinski definition) is 2. The molecule has 0 saturated carbocycles. The second-order valence-corrected chi connectivity index (χ2v) is 5.36. The van der Waals surface area contributed by atoms with Gasteiger partial charge in [-0.3, -0.25) is 11.3 Å². The van der Waals surface area contributed by atoms with Crippen LogP contribution in [-0.4, -0.2) is 30.6 Å². The maximum Gasteiger partial charge on any atom is 0.126 e. The van der Waals surface area contributed by atoms with Crippen LogP contribution in [0, 0.1) is 11.6 Å². The predicted octanol–water partition coefficient (Wildman–Crippen LogP) is 2.46. The van der Waals surface area contributed by atoms with Gasteiger partial charge in [-0.05, 0) is 57.1 Å². The molecule has 3 N–H and O–H groups in total. The number of rotatable bonds is 7. The summed E-state index contributed by atoms with van der Waals surface area (Å²) in [5, 5.41) is 0. The predicted molar refractivity (Wildman–Crippen MR) is 78.2 cm³/mol. The maximum absolute atomic E-state index is 13.8. The molecule has 3 nitrogen and oxygen atoms in total. The van der Waals surface area contributed by atoms with Gasteiger partial charge in [-0.1, -0.05) is 13.8 Å². The van der Waals surface area contributed by atoms with Gasteiger partial charge in [-0.2, -0.15) is 0 Å². The van der Waals surface area contributed by atoms with Crippen molar-refractivity contribution < 1.29 is 8.78 Å². The fourth-order valence-corrected chi connectivity index (χ4v) is 3.01. The lowest BCUT2D eigenvalue weighted by molar-refractivity contribution is 0.0878. The van der Waals surface area contributed by atoms with Crippen LogP contribution in [0.2, 0.25) is 0 Å². The Morgan fingerprint density at radius 2 is 1.85 bits per heavy atom. The van der Waals surface area contributed by atoms with Gasteiger partial charge in [-0.25, -0.2) is 8.78 Å². The SMILES string of the molecule is CCC(CC)(C(Cc1cc(F)ccc1F)NN)N(C)C.